The van der Waals surface area contributed by atoms with E-state index in [1.165, 1.54) is 24.9 Å². The van der Waals surface area contributed by atoms with E-state index < -0.39 is 16.2 Å². The van der Waals surface area contributed by atoms with Crippen molar-refractivity contribution >= 4 is 16.2 Å². The fourth-order valence-electron chi connectivity index (χ4n) is 2.73. The maximum Gasteiger partial charge on any atom is 0.306 e. The molecule has 0 aromatic carbocycles. The van der Waals surface area contributed by atoms with E-state index >= 15 is 0 Å². The van der Waals surface area contributed by atoms with Crippen LogP contribution < -0.4 is 0 Å². The Morgan fingerprint density at radius 1 is 1.33 bits per heavy atom. The summed E-state index contributed by atoms with van der Waals surface area (Å²) in [5.41, 5.74) is 0. The number of rotatable bonds is 7. The maximum atomic E-state index is 12.5. The summed E-state index contributed by atoms with van der Waals surface area (Å²) in [6.07, 6.45) is 5.35. The van der Waals surface area contributed by atoms with Gasteiger partial charge in [0, 0.05) is 26.7 Å². The summed E-state index contributed by atoms with van der Waals surface area (Å²) in [6, 6.07) is 0. The topological polar surface area (TPSA) is 66.9 Å². The van der Waals surface area contributed by atoms with E-state index in [0.29, 0.717) is 19.0 Å². The van der Waals surface area contributed by atoms with Crippen molar-refractivity contribution in [1.29, 1.82) is 0 Å². The van der Waals surface area contributed by atoms with Crippen molar-refractivity contribution in [2.75, 3.05) is 33.8 Å². The molecule has 1 aliphatic rings. The molecule has 1 fully saturated rings. The lowest BCUT2D eigenvalue weighted by atomic mass is 9.96. The lowest BCUT2D eigenvalue weighted by molar-refractivity contribution is -0.140. The minimum atomic E-state index is -3.47. The second kappa shape index (κ2) is 8.70. The summed E-state index contributed by atoms with van der Waals surface area (Å²) in [4.78, 5) is 11.1. The van der Waals surface area contributed by atoms with Crippen LogP contribution in [0.15, 0.2) is 0 Å². The molecule has 0 N–H and O–H groups in total. The molecule has 0 spiro atoms. The van der Waals surface area contributed by atoms with Gasteiger partial charge in [-0.3, -0.25) is 4.79 Å². The van der Waals surface area contributed by atoms with Crippen LogP contribution in [0.2, 0.25) is 0 Å². The molecule has 124 valence electrons. The number of methoxy groups -OCH3 is 1. The Morgan fingerprint density at radius 2 is 2.05 bits per heavy atom. The van der Waals surface area contributed by atoms with Crippen LogP contribution >= 0.6 is 0 Å². The van der Waals surface area contributed by atoms with Gasteiger partial charge in [0.1, 0.15) is 0 Å². The molecule has 0 amide bonds. The van der Waals surface area contributed by atoms with Gasteiger partial charge < -0.3 is 4.74 Å². The Bertz CT molecular complexity index is 425. The molecule has 1 saturated heterocycles. The first kappa shape index (κ1) is 18.4. The molecule has 6 nitrogen and oxygen atoms in total. The van der Waals surface area contributed by atoms with Crippen molar-refractivity contribution in [3.63, 3.8) is 0 Å². The van der Waals surface area contributed by atoms with E-state index in [-0.39, 0.29) is 13.0 Å². The largest absolute Gasteiger partial charge is 0.469 e. The molecule has 1 atom stereocenters. The van der Waals surface area contributed by atoms with Crippen molar-refractivity contribution in [1.82, 2.24) is 8.61 Å². The first-order chi connectivity index (χ1) is 9.91. The smallest absolute Gasteiger partial charge is 0.306 e. The Hall–Kier alpha value is -0.660. The number of hydrogen-bond acceptors (Lipinski definition) is 4. The van der Waals surface area contributed by atoms with Crippen molar-refractivity contribution in [2.24, 2.45) is 5.92 Å². The van der Waals surface area contributed by atoms with Gasteiger partial charge >= 0.3 is 5.97 Å². The lowest BCUT2D eigenvalue weighted by Gasteiger charge is -2.26. The Morgan fingerprint density at radius 3 is 2.67 bits per heavy atom. The third-order valence-electron chi connectivity index (χ3n) is 4.08. The molecule has 21 heavy (non-hydrogen) atoms. The molecule has 1 aliphatic heterocycles. The van der Waals surface area contributed by atoms with Gasteiger partial charge in [-0.2, -0.15) is 17.0 Å². The van der Waals surface area contributed by atoms with Gasteiger partial charge in [-0.1, -0.05) is 19.8 Å². The molecule has 1 unspecified atom stereocenters. The SMILES string of the molecule is CCCC1CCCN(S(=O)(=O)N(C)CCC(=O)OC)CC1. The van der Waals surface area contributed by atoms with Crippen LogP contribution in [0.4, 0.5) is 0 Å². The van der Waals surface area contributed by atoms with Crippen LogP contribution in [-0.4, -0.2) is 56.8 Å². The molecular weight excluding hydrogens is 292 g/mol. The molecule has 0 aromatic rings. The summed E-state index contributed by atoms with van der Waals surface area (Å²) in [7, 11) is -0.643. The summed E-state index contributed by atoms with van der Waals surface area (Å²) in [6.45, 7) is 3.48. The third-order valence-corrected chi connectivity index (χ3v) is 6.07. The van der Waals surface area contributed by atoms with Crippen LogP contribution in [0.25, 0.3) is 0 Å². The molecule has 0 aromatic heterocycles. The first-order valence-corrected chi connectivity index (χ1v) is 9.09. The molecule has 0 aliphatic carbocycles. The van der Waals surface area contributed by atoms with Crippen molar-refractivity contribution in [3.05, 3.63) is 0 Å². The fourth-order valence-corrected chi connectivity index (χ4v) is 4.14. The van der Waals surface area contributed by atoms with E-state index in [4.69, 9.17) is 0 Å². The molecule has 0 bridgehead atoms. The van der Waals surface area contributed by atoms with Gasteiger partial charge in [0.05, 0.1) is 13.5 Å². The highest BCUT2D eigenvalue weighted by Crippen LogP contribution is 2.24. The summed E-state index contributed by atoms with van der Waals surface area (Å²) in [5, 5.41) is 0. The fraction of sp³-hybridized carbons (Fsp3) is 0.929. The summed E-state index contributed by atoms with van der Waals surface area (Å²) >= 11 is 0. The third kappa shape index (κ3) is 5.56. The van der Waals surface area contributed by atoms with Crippen molar-refractivity contribution < 1.29 is 17.9 Å². The van der Waals surface area contributed by atoms with Gasteiger partial charge in [0.2, 0.25) is 0 Å². The molecule has 1 rings (SSSR count). The van der Waals surface area contributed by atoms with E-state index in [1.54, 1.807) is 4.31 Å². The van der Waals surface area contributed by atoms with Gasteiger partial charge in [-0.05, 0) is 25.2 Å². The number of carbonyl (C=O) groups excluding carboxylic acids is 1. The van der Waals surface area contributed by atoms with Gasteiger partial charge in [-0.15, -0.1) is 0 Å². The van der Waals surface area contributed by atoms with Crippen LogP contribution in [0, 0.1) is 5.92 Å². The zero-order chi connectivity index (χ0) is 15.9. The van der Waals surface area contributed by atoms with E-state index in [0.717, 1.165) is 25.7 Å². The highest BCUT2D eigenvalue weighted by atomic mass is 32.2. The quantitative estimate of drug-likeness (QED) is 0.669. The molecule has 0 radical (unpaired) electrons. The predicted molar refractivity (Wildman–Crippen MR) is 82.0 cm³/mol. The lowest BCUT2D eigenvalue weighted by Crippen LogP contribution is -2.43. The molecule has 7 heteroatoms. The average Bonchev–Trinajstić information content (AvgIpc) is 2.70. The van der Waals surface area contributed by atoms with Gasteiger partial charge in [-0.25, -0.2) is 0 Å². The van der Waals surface area contributed by atoms with Crippen molar-refractivity contribution in [2.45, 2.75) is 45.4 Å². The number of ether oxygens (including phenoxy) is 1. The van der Waals surface area contributed by atoms with Crippen LogP contribution in [0.1, 0.15) is 45.4 Å². The second-order valence-electron chi connectivity index (χ2n) is 5.64. The van der Waals surface area contributed by atoms with E-state index in [9.17, 15) is 13.2 Å². The minimum Gasteiger partial charge on any atom is -0.469 e. The Balaban J connectivity index is 2.58. The maximum absolute atomic E-state index is 12.5. The Kier molecular flexibility index (Phi) is 7.62. The zero-order valence-corrected chi connectivity index (χ0v) is 14.2. The predicted octanol–water partition coefficient (Wildman–Crippen LogP) is 1.63. The molecule has 1 heterocycles. The Labute approximate surface area is 128 Å². The van der Waals surface area contributed by atoms with Gasteiger partial charge in [0.15, 0.2) is 0 Å². The standard InChI is InChI=1S/C14H28N2O4S/c1-4-6-13-7-5-10-16(12-8-13)21(18,19)15(2)11-9-14(17)20-3/h13H,4-12H2,1-3H3. The number of nitrogens with zero attached hydrogens (tertiary/aromatic N) is 2. The van der Waals surface area contributed by atoms with Gasteiger partial charge in [0.25, 0.3) is 10.2 Å². The van der Waals surface area contributed by atoms with Crippen LogP contribution in [0.5, 0.6) is 0 Å². The summed E-state index contributed by atoms with van der Waals surface area (Å²) < 4.78 is 32.4. The normalized spacial score (nSPS) is 21.2. The highest BCUT2D eigenvalue weighted by Gasteiger charge is 2.29. The van der Waals surface area contributed by atoms with E-state index in [2.05, 4.69) is 11.7 Å². The minimum absolute atomic E-state index is 0.0819. The number of carbonyl (C=O) groups is 1. The molecule has 0 saturated carbocycles. The summed E-state index contributed by atoms with van der Waals surface area (Å²) in [5.74, 6) is 0.242. The monoisotopic (exact) mass is 320 g/mol. The molecular formula is C14H28N2O4S. The zero-order valence-electron chi connectivity index (χ0n) is 13.4. The highest BCUT2D eigenvalue weighted by molar-refractivity contribution is 7.86. The average molecular weight is 320 g/mol. The number of esters is 1. The first-order valence-electron chi connectivity index (χ1n) is 7.70. The van der Waals surface area contributed by atoms with Crippen molar-refractivity contribution in [3.8, 4) is 0 Å². The second-order valence-corrected chi connectivity index (χ2v) is 7.68. The number of hydrogen-bond donors (Lipinski definition) is 0. The van der Waals surface area contributed by atoms with Crippen LogP contribution in [0.3, 0.4) is 0 Å². The van der Waals surface area contributed by atoms with Crippen LogP contribution in [-0.2, 0) is 19.7 Å². The van der Waals surface area contributed by atoms with E-state index in [1.807, 2.05) is 0 Å².